The van der Waals surface area contributed by atoms with Crippen molar-refractivity contribution in [2.75, 3.05) is 5.32 Å². The van der Waals surface area contributed by atoms with Gasteiger partial charge in [0, 0.05) is 16.3 Å². The molecule has 0 saturated heterocycles. The number of ketones is 1. The van der Waals surface area contributed by atoms with Crippen molar-refractivity contribution in [2.24, 2.45) is 0 Å². The third kappa shape index (κ3) is 4.25. The summed E-state index contributed by atoms with van der Waals surface area (Å²) in [7, 11) is 0. The van der Waals surface area contributed by atoms with Crippen LogP contribution in [0.1, 0.15) is 25.6 Å². The molecule has 2 heterocycles. The number of aromatic nitrogens is 2. The normalized spacial score (nSPS) is 10.9. The minimum Gasteiger partial charge on any atom is -0.321 e. The fourth-order valence-corrected chi connectivity index (χ4v) is 4.70. The van der Waals surface area contributed by atoms with E-state index in [1.807, 2.05) is 18.2 Å². The Labute approximate surface area is 191 Å². The molecule has 0 atom stereocenters. The molecular weight excluding hydrogens is 457 g/mol. The summed E-state index contributed by atoms with van der Waals surface area (Å²) in [4.78, 5) is 43.5. The maximum Gasteiger partial charge on any atom is 0.266 e. The van der Waals surface area contributed by atoms with Gasteiger partial charge in [-0.2, -0.15) is 0 Å². The van der Waals surface area contributed by atoms with E-state index in [4.69, 9.17) is 23.2 Å². The second-order valence-corrected chi connectivity index (χ2v) is 8.62. The number of anilines is 1. The highest BCUT2D eigenvalue weighted by atomic mass is 35.5. The molecule has 4 aromatic rings. The van der Waals surface area contributed by atoms with E-state index in [9.17, 15) is 14.4 Å². The zero-order valence-corrected chi connectivity index (χ0v) is 18.5. The molecule has 0 aliphatic carbocycles. The van der Waals surface area contributed by atoms with Crippen LogP contribution in [0.5, 0.6) is 0 Å². The van der Waals surface area contributed by atoms with E-state index >= 15 is 0 Å². The number of Topliss-reactive ketones (excluding diaryl/α,β-unsaturated/α-hetero) is 1. The van der Waals surface area contributed by atoms with Crippen molar-refractivity contribution < 1.29 is 9.59 Å². The standard InChI is InChI=1S/C22H15Cl2N3O3S/c1-12-18-21(31-19(12)20(29)26-14-5-3-2-4-6-14)25-11-27(22(18)30)10-17(28)15-8-7-13(23)9-16(15)24/h2-9,11H,10H2,1H3,(H,26,29). The number of para-hydroxylation sites is 1. The van der Waals surface area contributed by atoms with Crippen molar-refractivity contribution in [1.29, 1.82) is 0 Å². The predicted octanol–water partition coefficient (Wildman–Crippen LogP) is 5.21. The number of aryl methyl sites for hydroxylation is 1. The predicted molar refractivity (Wildman–Crippen MR) is 124 cm³/mol. The maximum absolute atomic E-state index is 13.0. The average molecular weight is 472 g/mol. The summed E-state index contributed by atoms with van der Waals surface area (Å²) in [6.07, 6.45) is 1.31. The summed E-state index contributed by atoms with van der Waals surface area (Å²) in [6, 6.07) is 13.6. The Morgan fingerprint density at radius 2 is 1.87 bits per heavy atom. The number of hydrogen-bond donors (Lipinski definition) is 1. The molecule has 156 valence electrons. The number of amides is 1. The smallest absolute Gasteiger partial charge is 0.266 e. The summed E-state index contributed by atoms with van der Waals surface area (Å²) in [5, 5.41) is 3.76. The molecule has 0 unspecified atom stereocenters. The molecule has 1 N–H and O–H groups in total. The molecule has 0 fully saturated rings. The van der Waals surface area contributed by atoms with Crippen LogP contribution in [-0.4, -0.2) is 21.2 Å². The molecule has 0 aliphatic heterocycles. The number of rotatable bonds is 5. The molecule has 2 aromatic heterocycles. The Bertz CT molecular complexity index is 1380. The van der Waals surface area contributed by atoms with Crippen LogP contribution in [0, 0.1) is 6.92 Å². The topological polar surface area (TPSA) is 81.1 Å². The molecule has 0 radical (unpaired) electrons. The van der Waals surface area contributed by atoms with Crippen molar-refractivity contribution in [1.82, 2.24) is 9.55 Å². The lowest BCUT2D eigenvalue weighted by atomic mass is 10.1. The van der Waals surface area contributed by atoms with Crippen molar-refractivity contribution >= 4 is 62.1 Å². The fraction of sp³-hybridized carbons (Fsp3) is 0.0909. The second-order valence-electron chi connectivity index (χ2n) is 6.78. The number of nitrogens with zero attached hydrogens (tertiary/aromatic N) is 2. The first kappa shape index (κ1) is 21.2. The lowest BCUT2D eigenvalue weighted by Crippen LogP contribution is -2.25. The number of carbonyl (C=O) groups is 2. The Morgan fingerprint density at radius 3 is 2.58 bits per heavy atom. The number of fused-ring (bicyclic) bond motifs is 1. The van der Waals surface area contributed by atoms with Crippen LogP contribution in [0.15, 0.2) is 59.7 Å². The first-order valence-electron chi connectivity index (χ1n) is 9.18. The molecule has 4 rings (SSSR count). The van der Waals surface area contributed by atoms with Gasteiger partial charge in [-0.05, 0) is 42.8 Å². The molecule has 0 aliphatic rings. The molecule has 0 spiro atoms. The number of carbonyl (C=O) groups excluding carboxylic acids is 2. The minimum atomic E-state index is -0.393. The van der Waals surface area contributed by atoms with Crippen LogP contribution in [0.4, 0.5) is 5.69 Å². The van der Waals surface area contributed by atoms with Gasteiger partial charge in [0.25, 0.3) is 11.5 Å². The largest absolute Gasteiger partial charge is 0.321 e. The summed E-state index contributed by atoms with van der Waals surface area (Å²) >= 11 is 13.1. The number of hydrogen-bond acceptors (Lipinski definition) is 5. The van der Waals surface area contributed by atoms with E-state index in [1.54, 1.807) is 25.1 Å². The average Bonchev–Trinajstić information content (AvgIpc) is 3.08. The molecule has 2 aromatic carbocycles. The van der Waals surface area contributed by atoms with Gasteiger partial charge < -0.3 is 5.32 Å². The lowest BCUT2D eigenvalue weighted by molar-refractivity contribution is 0.0969. The molecule has 31 heavy (non-hydrogen) atoms. The van der Waals surface area contributed by atoms with E-state index in [-0.39, 0.29) is 28.8 Å². The Kier molecular flexibility index (Phi) is 5.91. The zero-order chi connectivity index (χ0) is 22.1. The third-order valence-corrected chi connectivity index (χ3v) is 6.45. The van der Waals surface area contributed by atoms with Gasteiger partial charge in [0.05, 0.1) is 28.2 Å². The monoisotopic (exact) mass is 471 g/mol. The summed E-state index contributed by atoms with van der Waals surface area (Å²) in [6.45, 7) is 1.47. The Balaban J connectivity index is 1.66. The van der Waals surface area contributed by atoms with Crippen molar-refractivity contribution in [3.05, 3.63) is 91.3 Å². The zero-order valence-electron chi connectivity index (χ0n) is 16.2. The van der Waals surface area contributed by atoms with Crippen LogP contribution in [0.3, 0.4) is 0 Å². The van der Waals surface area contributed by atoms with Crippen LogP contribution >= 0.6 is 34.5 Å². The van der Waals surface area contributed by atoms with Crippen LogP contribution in [0.25, 0.3) is 10.2 Å². The van der Waals surface area contributed by atoms with Gasteiger partial charge in [0.2, 0.25) is 0 Å². The van der Waals surface area contributed by atoms with Crippen LogP contribution in [0.2, 0.25) is 10.0 Å². The van der Waals surface area contributed by atoms with Gasteiger partial charge in [-0.15, -0.1) is 11.3 Å². The van der Waals surface area contributed by atoms with Gasteiger partial charge in [-0.3, -0.25) is 19.0 Å². The summed E-state index contributed by atoms with van der Waals surface area (Å²) < 4.78 is 1.22. The Morgan fingerprint density at radius 1 is 1.13 bits per heavy atom. The number of benzene rings is 2. The number of thiophene rings is 1. The van der Waals surface area contributed by atoms with E-state index in [0.717, 1.165) is 11.3 Å². The van der Waals surface area contributed by atoms with Gasteiger partial charge in [0.15, 0.2) is 5.78 Å². The van der Waals surface area contributed by atoms with Gasteiger partial charge in [-0.25, -0.2) is 4.98 Å². The maximum atomic E-state index is 13.0. The fourth-order valence-electron chi connectivity index (χ4n) is 3.15. The third-order valence-electron chi connectivity index (χ3n) is 4.70. The highest BCUT2D eigenvalue weighted by Gasteiger charge is 2.21. The van der Waals surface area contributed by atoms with E-state index in [2.05, 4.69) is 10.3 Å². The summed E-state index contributed by atoms with van der Waals surface area (Å²) in [5.74, 6) is -0.665. The van der Waals surface area contributed by atoms with Gasteiger partial charge >= 0.3 is 0 Å². The SMILES string of the molecule is Cc1c(C(=O)Nc2ccccc2)sc2ncn(CC(=O)c3ccc(Cl)cc3Cl)c(=O)c12. The van der Waals surface area contributed by atoms with E-state index < -0.39 is 5.56 Å². The quantitative estimate of drug-likeness (QED) is 0.405. The van der Waals surface area contributed by atoms with E-state index in [1.165, 1.54) is 23.0 Å². The molecule has 0 bridgehead atoms. The number of nitrogens with one attached hydrogen (secondary N) is 1. The first-order chi connectivity index (χ1) is 14.8. The molecular formula is C22H15Cl2N3O3S. The van der Waals surface area contributed by atoms with E-state index in [0.29, 0.717) is 31.4 Å². The second kappa shape index (κ2) is 8.63. The van der Waals surface area contributed by atoms with Crippen molar-refractivity contribution in [3.8, 4) is 0 Å². The van der Waals surface area contributed by atoms with Crippen molar-refractivity contribution in [2.45, 2.75) is 13.5 Å². The minimum absolute atomic E-state index is 0.214. The number of halogens is 2. The van der Waals surface area contributed by atoms with Crippen LogP contribution < -0.4 is 10.9 Å². The molecule has 0 saturated carbocycles. The Hall–Kier alpha value is -3.00. The van der Waals surface area contributed by atoms with Crippen LogP contribution in [-0.2, 0) is 6.54 Å². The molecule has 1 amide bonds. The highest BCUT2D eigenvalue weighted by Crippen LogP contribution is 2.28. The molecule has 6 nitrogen and oxygen atoms in total. The first-order valence-corrected chi connectivity index (χ1v) is 10.8. The molecule has 9 heteroatoms. The van der Waals surface area contributed by atoms with Gasteiger partial charge in [0.1, 0.15) is 4.83 Å². The van der Waals surface area contributed by atoms with Gasteiger partial charge in [-0.1, -0.05) is 41.4 Å². The highest BCUT2D eigenvalue weighted by molar-refractivity contribution is 7.20. The lowest BCUT2D eigenvalue weighted by Gasteiger charge is -2.07. The van der Waals surface area contributed by atoms with Crippen molar-refractivity contribution in [3.63, 3.8) is 0 Å². The summed E-state index contributed by atoms with van der Waals surface area (Å²) in [5.41, 5.74) is 1.05.